The first kappa shape index (κ1) is 15.8. The van der Waals surface area contributed by atoms with Crippen LogP contribution in [0.5, 0.6) is 5.75 Å². The summed E-state index contributed by atoms with van der Waals surface area (Å²) in [7, 11) is 1.98. The lowest BCUT2D eigenvalue weighted by atomic mass is 10.2. The summed E-state index contributed by atoms with van der Waals surface area (Å²) in [6, 6.07) is 6.23. The maximum Gasteiger partial charge on any atom is 0.121 e. The molecule has 0 atom stereocenters. The van der Waals surface area contributed by atoms with Gasteiger partial charge in [0.15, 0.2) is 0 Å². The molecule has 1 heterocycles. The van der Waals surface area contributed by atoms with Crippen molar-refractivity contribution in [1.82, 2.24) is 14.9 Å². The maximum atomic E-state index is 5.77. The monoisotopic (exact) mass is 289 g/mol. The van der Waals surface area contributed by atoms with Crippen LogP contribution in [0.15, 0.2) is 18.2 Å². The van der Waals surface area contributed by atoms with Crippen LogP contribution >= 0.6 is 0 Å². The van der Waals surface area contributed by atoms with Gasteiger partial charge in [0.1, 0.15) is 11.6 Å². The van der Waals surface area contributed by atoms with Crippen molar-refractivity contribution < 1.29 is 4.74 Å². The molecule has 0 bridgehead atoms. The van der Waals surface area contributed by atoms with E-state index in [1.54, 1.807) is 0 Å². The van der Waals surface area contributed by atoms with Gasteiger partial charge in [0.25, 0.3) is 0 Å². The zero-order valence-corrected chi connectivity index (χ0v) is 13.8. The van der Waals surface area contributed by atoms with E-state index in [-0.39, 0.29) is 6.10 Å². The normalized spacial score (nSPS) is 11.8. The molecule has 2 rings (SSSR count). The number of hydrogen-bond acceptors (Lipinski definition) is 3. The Balaban J connectivity index is 2.40. The molecule has 0 saturated carbocycles. The Hall–Kier alpha value is -1.55. The molecule has 0 amide bonds. The van der Waals surface area contributed by atoms with Crippen molar-refractivity contribution in [2.75, 3.05) is 13.6 Å². The Morgan fingerprint density at radius 3 is 2.62 bits per heavy atom. The molecule has 0 aliphatic rings. The first-order valence-corrected chi connectivity index (χ1v) is 7.81. The standard InChI is InChI=1S/C17H27N3O/c1-12(2)11-20-16-7-6-14(21-13(3)4)10-15(16)19-17(20)8-9-18-5/h6-7,10,12-13,18H,8-9,11H2,1-5H3. The number of hydrogen-bond donors (Lipinski definition) is 1. The Bertz CT molecular complexity index is 587. The molecule has 0 unspecified atom stereocenters. The summed E-state index contributed by atoms with van der Waals surface area (Å²) < 4.78 is 8.12. The number of likely N-dealkylation sites (N-methyl/N-ethyl adjacent to an activating group) is 1. The van der Waals surface area contributed by atoms with E-state index >= 15 is 0 Å². The highest BCUT2D eigenvalue weighted by molar-refractivity contribution is 5.77. The van der Waals surface area contributed by atoms with Gasteiger partial charge in [0.05, 0.1) is 17.1 Å². The lowest BCUT2D eigenvalue weighted by molar-refractivity contribution is 0.242. The van der Waals surface area contributed by atoms with E-state index in [1.165, 1.54) is 5.52 Å². The minimum Gasteiger partial charge on any atom is -0.491 e. The van der Waals surface area contributed by atoms with Crippen molar-refractivity contribution >= 4 is 11.0 Å². The maximum absolute atomic E-state index is 5.77. The van der Waals surface area contributed by atoms with Crippen molar-refractivity contribution in [3.05, 3.63) is 24.0 Å². The first-order chi connectivity index (χ1) is 10.0. The molecular formula is C17H27N3O. The van der Waals surface area contributed by atoms with Crippen LogP contribution in [0.2, 0.25) is 0 Å². The van der Waals surface area contributed by atoms with E-state index in [0.29, 0.717) is 5.92 Å². The van der Waals surface area contributed by atoms with Crippen molar-refractivity contribution in [2.45, 2.75) is 46.8 Å². The summed E-state index contributed by atoms with van der Waals surface area (Å²) in [5.41, 5.74) is 2.23. The molecule has 21 heavy (non-hydrogen) atoms. The van der Waals surface area contributed by atoms with Crippen LogP contribution in [0.3, 0.4) is 0 Å². The lowest BCUT2D eigenvalue weighted by Gasteiger charge is -2.12. The zero-order chi connectivity index (χ0) is 15.4. The Morgan fingerprint density at radius 1 is 1.24 bits per heavy atom. The number of aromatic nitrogens is 2. The number of imidazole rings is 1. The highest BCUT2D eigenvalue weighted by Crippen LogP contribution is 2.24. The summed E-state index contributed by atoms with van der Waals surface area (Å²) in [6.45, 7) is 10.5. The topological polar surface area (TPSA) is 39.1 Å². The van der Waals surface area contributed by atoms with Crippen LogP contribution in [0.25, 0.3) is 11.0 Å². The van der Waals surface area contributed by atoms with E-state index in [1.807, 2.05) is 27.0 Å². The van der Waals surface area contributed by atoms with Gasteiger partial charge in [0.2, 0.25) is 0 Å². The quantitative estimate of drug-likeness (QED) is 0.850. The molecule has 0 spiro atoms. The van der Waals surface area contributed by atoms with E-state index in [4.69, 9.17) is 9.72 Å². The second kappa shape index (κ2) is 6.94. The van der Waals surface area contributed by atoms with Gasteiger partial charge in [-0.05, 0) is 38.9 Å². The van der Waals surface area contributed by atoms with Crippen molar-refractivity contribution in [1.29, 1.82) is 0 Å². The first-order valence-electron chi connectivity index (χ1n) is 7.81. The fraction of sp³-hybridized carbons (Fsp3) is 0.588. The van der Waals surface area contributed by atoms with Gasteiger partial charge in [-0.15, -0.1) is 0 Å². The van der Waals surface area contributed by atoms with Crippen LogP contribution in [-0.4, -0.2) is 29.2 Å². The summed E-state index contributed by atoms with van der Waals surface area (Å²) in [5, 5.41) is 3.20. The molecule has 2 aromatic rings. The summed E-state index contributed by atoms with van der Waals surface area (Å²) in [5.74, 6) is 2.64. The minimum absolute atomic E-state index is 0.184. The highest BCUT2D eigenvalue weighted by Gasteiger charge is 2.12. The van der Waals surface area contributed by atoms with Gasteiger partial charge < -0.3 is 14.6 Å². The molecule has 1 aromatic heterocycles. The van der Waals surface area contributed by atoms with Crippen LogP contribution in [0, 0.1) is 5.92 Å². The predicted molar refractivity (Wildman–Crippen MR) is 88.0 cm³/mol. The van der Waals surface area contributed by atoms with Crippen LogP contribution < -0.4 is 10.1 Å². The van der Waals surface area contributed by atoms with E-state index in [0.717, 1.165) is 36.6 Å². The SMILES string of the molecule is CNCCc1nc2cc(OC(C)C)ccc2n1CC(C)C. The van der Waals surface area contributed by atoms with Crippen LogP contribution in [0.4, 0.5) is 0 Å². The Morgan fingerprint density at radius 2 is 2.00 bits per heavy atom. The van der Waals surface area contributed by atoms with Gasteiger partial charge in [0, 0.05) is 25.6 Å². The predicted octanol–water partition coefficient (Wildman–Crippen LogP) is 3.24. The number of nitrogens with one attached hydrogen (secondary N) is 1. The second-order valence-electron chi connectivity index (χ2n) is 6.20. The molecule has 1 N–H and O–H groups in total. The van der Waals surface area contributed by atoms with E-state index in [9.17, 15) is 0 Å². The molecule has 1 aromatic carbocycles. The molecule has 4 nitrogen and oxygen atoms in total. The molecule has 0 aliphatic heterocycles. The summed E-state index contributed by atoms with van der Waals surface area (Å²) in [6.07, 6.45) is 1.13. The van der Waals surface area contributed by atoms with Gasteiger partial charge >= 0.3 is 0 Å². The van der Waals surface area contributed by atoms with E-state index in [2.05, 4.69) is 35.9 Å². The second-order valence-corrected chi connectivity index (χ2v) is 6.20. The molecule has 4 heteroatoms. The fourth-order valence-electron chi connectivity index (χ4n) is 2.50. The smallest absolute Gasteiger partial charge is 0.121 e. The number of fused-ring (bicyclic) bond motifs is 1. The van der Waals surface area contributed by atoms with Crippen molar-refractivity contribution in [3.63, 3.8) is 0 Å². The molecular weight excluding hydrogens is 262 g/mol. The highest BCUT2D eigenvalue weighted by atomic mass is 16.5. The van der Waals surface area contributed by atoms with Gasteiger partial charge in [-0.1, -0.05) is 13.8 Å². The third-order valence-corrected chi connectivity index (χ3v) is 3.32. The van der Waals surface area contributed by atoms with Gasteiger partial charge in [-0.2, -0.15) is 0 Å². The summed E-state index contributed by atoms with van der Waals surface area (Å²) >= 11 is 0. The number of ether oxygens (including phenoxy) is 1. The largest absolute Gasteiger partial charge is 0.491 e. The van der Waals surface area contributed by atoms with Gasteiger partial charge in [-0.25, -0.2) is 4.98 Å². The zero-order valence-electron chi connectivity index (χ0n) is 13.8. The molecule has 116 valence electrons. The average molecular weight is 289 g/mol. The van der Waals surface area contributed by atoms with Gasteiger partial charge in [-0.3, -0.25) is 0 Å². The minimum atomic E-state index is 0.184. The Kier molecular flexibility index (Phi) is 5.23. The van der Waals surface area contributed by atoms with Crippen LogP contribution in [-0.2, 0) is 13.0 Å². The number of rotatable bonds is 7. The number of nitrogens with zero attached hydrogens (tertiary/aromatic N) is 2. The van der Waals surface area contributed by atoms with E-state index < -0.39 is 0 Å². The van der Waals surface area contributed by atoms with Crippen molar-refractivity contribution in [2.24, 2.45) is 5.92 Å². The number of benzene rings is 1. The van der Waals surface area contributed by atoms with Crippen LogP contribution in [0.1, 0.15) is 33.5 Å². The average Bonchev–Trinajstić information content (AvgIpc) is 2.72. The third-order valence-electron chi connectivity index (χ3n) is 3.32. The fourth-order valence-corrected chi connectivity index (χ4v) is 2.50. The van der Waals surface area contributed by atoms with Crippen molar-refractivity contribution in [3.8, 4) is 5.75 Å². The summed E-state index contributed by atoms with van der Waals surface area (Å²) in [4.78, 5) is 4.81. The molecule has 0 aliphatic carbocycles. The molecule has 0 fully saturated rings. The molecule has 0 radical (unpaired) electrons. The molecule has 0 saturated heterocycles. The Labute approximate surface area is 127 Å². The third kappa shape index (κ3) is 3.97. The lowest BCUT2D eigenvalue weighted by Crippen LogP contribution is -2.15.